The minimum Gasteiger partial charge on any atom is -0.370 e. The second kappa shape index (κ2) is 9.53. The van der Waals surface area contributed by atoms with Crippen LogP contribution in [0.5, 0.6) is 0 Å². The first-order valence-corrected chi connectivity index (χ1v) is 9.95. The molecule has 0 bridgehead atoms. The Hall–Kier alpha value is -2.14. The summed E-state index contributed by atoms with van der Waals surface area (Å²) in [4.78, 5) is 14.5. The fourth-order valence-corrected chi connectivity index (χ4v) is 3.29. The highest BCUT2D eigenvalue weighted by Gasteiger charge is 2.18. The van der Waals surface area contributed by atoms with Gasteiger partial charge in [-0.1, -0.05) is 57.0 Å². The van der Waals surface area contributed by atoms with Gasteiger partial charge in [0.15, 0.2) is 5.82 Å². The van der Waals surface area contributed by atoms with Gasteiger partial charge >= 0.3 is 0 Å². The van der Waals surface area contributed by atoms with Crippen LogP contribution in [-0.2, 0) is 0 Å². The lowest BCUT2D eigenvalue weighted by atomic mass is 10.2. The molecule has 0 aliphatic carbocycles. The highest BCUT2D eigenvalue weighted by molar-refractivity contribution is 5.61. The van der Waals surface area contributed by atoms with E-state index in [1.165, 1.54) is 19.3 Å². The molecule has 5 nitrogen and oxygen atoms in total. The maximum Gasteiger partial charge on any atom is 0.163 e. The van der Waals surface area contributed by atoms with Crippen molar-refractivity contribution in [2.75, 3.05) is 49.5 Å². The van der Waals surface area contributed by atoms with Crippen LogP contribution in [0.25, 0.3) is 11.4 Å². The van der Waals surface area contributed by atoms with Crippen molar-refractivity contribution in [2.45, 2.75) is 33.1 Å². The van der Waals surface area contributed by atoms with Gasteiger partial charge in [-0.15, -0.1) is 0 Å². The Labute approximate surface area is 157 Å². The number of hydrogen-bond acceptors (Lipinski definition) is 5. The average Bonchev–Trinajstić information content (AvgIpc) is 2.72. The van der Waals surface area contributed by atoms with Crippen molar-refractivity contribution in [1.29, 1.82) is 0 Å². The van der Waals surface area contributed by atoms with Crippen LogP contribution in [0.15, 0.2) is 36.4 Å². The Bertz CT molecular complexity index is 665. The predicted molar refractivity (Wildman–Crippen MR) is 110 cm³/mol. The Morgan fingerprint density at radius 3 is 2.42 bits per heavy atom. The number of aromatic nitrogens is 2. The summed E-state index contributed by atoms with van der Waals surface area (Å²) < 4.78 is 0. The first-order chi connectivity index (χ1) is 12.8. The van der Waals surface area contributed by atoms with Crippen LogP contribution in [0.2, 0.25) is 0 Å². The molecule has 1 N–H and O–H groups in total. The van der Waals surface area contributed by atoms with Crippen LogP contribution in [0, 0.1) is 0 Å². The number of rotatable bonds is 8. The van der Waals surface area contributed by atoms with Crippen molar-refractivity contribution in [3.05, 3.63) is 36.4 Å². The number of nitrogens with zero attached hydrogens (tertiary/aromatic N) is 4. The molecule has 0 spiro atoms. The molecule has 1 aliphatic rings. The van der Waals surface area contributed by atoms with E-state index in [4.69, 9.17) is 9.97 Å². The van der Waals surface area contributed by atoms with Gasteiger partial charge in [-0.05, 0) is 13.0 Å². The molecule has 1 saturated heterocycles. The van der Waals surface area contributed by atoms with E-state index in [0.29, 0.717) is 0 Å². The number of benzene rings is 1. The molecule has 2 heterocycles. The minimum atomic E-state index is 0.805. The zero-order valence-corrected chi connectivity index (χ0v) is 16.1. The van der Waals surface area contributed by atoms with Crippen LogP contribution in [0.4, 0.5) is 11.6 Å². The van der Waals surface area contributed by atoms with Gasteiger partial charge in [0, 0.05) is 44.4 Å². The van der Waals surface area contributed by atoms with Crippen LogP contribution < -0.4 is 10.2 Å². The molecule has 0 unspecified atom stereocenters. The van der Waals surface area contributed by atoms with E-state index in [1.54, 1.807) is 0 Å². The number of unbranched alkanes of at least 4 members (excludes halogenated alkanes) is 2. The fraction of sp³-hybridized carbons (Fsp3) is 0.524. The third-order valence-corrected chi connectivity index (χ3v) is 4.97. The number of nitrogens with one attached hydrogen (secondary N) is 1. The first-order valence-electron chi connectivity index (χ1n) is 9.95. The van der Waals surface area contributed by atoms with E-state index in [1.807, 2.05) is 18.2 Å². The lowest BCUT2D eigenvalue weighted by Crippen LogP contribution is -2.46. The monoisotopic (exact) mass is 353 g/mol. The molecule has 1 aliphatic heterocycles. The van der Waals surface area contributed by atoms with Crippen molar-refractivity contribution in [3.63, 3.8) is 0 Å². The summed E-state index contributed by atoms with van der Waals surface area (Å²) in [6.07, 6.45) is 3.65. The van der Waals surface area contributed by atoms with E-state index in [9.17, 15) is 0 Å². The SMILES string of the molecule is CCCCCNc1cc(N2CCN(CC)CC2)nc(-c2ccccc2)n1. The van der Waals surface area contributed by atoms with Gasteiger partial charge in [0.25, 0.3) is 0 Å². The van der Waals surface area contributed by atoms with E-state index in [-0.39, 0.29) is 0 Å². The first kappa shape index (κ1) is 18.6. The normalized spacial score (nSPS) is 15.2. The molecule has 26 heavy (non-hydrogen) atoms. The summed E-state index contributed by atoms with van der Waals surface area (Å²) in [6, 6.07) is 12.4. The maximum absolute atomic E-state index is 4.88. The molecule has 140 valence electrons. The van der Waals surface area contributed by atoms with Crippen LogP contribution >= 0.6 is 0 Å². The summed E-state index contributed by atoms with van der Waals surface area (Å²) in [5, 5.41) is 3.50. The third-order valence-electron chi connectivity index (χ3n) is 4.97. The lowest BCUT2D eigenvalue weighted by molar-refractivity contribution is 0.270. The van der Waals surface area contributed by atoms with Crippen molar-refractivity contribution in [3.8, 4) is 11.4 Å². The van der Waals surface area contributed by atoms with Crippen LogP contribution in [-0.4, -0.2) is 54.1 Å². The van der Waals surface area contributed by atoms with Crippen LogP contribution in [0.3, 0.4) is 0 Å². The smallest absolute Gasteiger partial charge is 0.163 e. The Morgan fingerprint density at radius 1 is 0.962 bits per heavy atom. The molecule has 0 amide bonds. The van der Waals surface area contributed by atoms with E-state index in [0.717, 1.165) is 62.3 Å². The van der Waals surface area contributed by atoms with Gasteiger partial charge in [0.2, 0.25) is 0 Å². The third kappa shape index (κ3) is 4.94. The van der Waals surface area contributed by atoms with E-state index >= 15 is 0 Å². The lowest BCUT2D eigenvalue weighted by Gasteiger charge is -2.35. The molecule has 1 aromatic heterocycles. The highest BCUT2D eigenvalue weighted by Crippen LogP contribution is 2.23. The molecule has 1 aromatic carbocycles. The fourth-order valence-electron chi connectivity index (χ4n) is 3.29. The quantitative estimate of drug-likeness (QED) is 0.730. The molecular weight excluding hydrogens is 322 g/mol. The van der Waals surface area contributed by atoms with Gasteiger partial charge in [-0.2, -0.15) is 0 Å². The average molecular weight is 354 g/mol. The van der Waals surface area contributed by atoms with E-state index in [2.05, 4.69) is 47.2 Å². The Morgan fingerprint density at radius 2 is 1.73 bits per heavy atom. The Kier molecular flexibility index (Phi) is 6.83. The number of anilines is 2. The zero-order chi connectivity index (χ0) is 18.2. The summed E-state index contributed by atoms with van der Waals surface area (Å²) in [7, 11) is 0. The topological polar surface area (TPSA) is 44.3 Å². The predicted octanol–water partition coefficient (Wildman–Crippen LogP) is 3.89. The number of hydrogen-bond donors (Lipinski definition) is 1. The van der Waals surface area contributed by atoms with E-state index < -0.39 is 0 Å². The second-order valence-electron chi connectivity index (χ2n) is 6.86. The van der Waals surface area contributed by atoms with Gasteiger partial charge in [0.05, 0.1) is 0 Å². The van der Waals surface area contributed by atoms with Crippen molar-refractivity contribution in [1.82, 2.24) is 14.9 Å². The van der Waals surface area contributed by atoms with Crippen LogP contribution in [0.1, 0.15) is 33.1 Å². The summed E-state index contributed by atoms with van der Waals surface area (Å²) in [5.41, 5.74) is 1.07. The van der Waals surface area contributed by atoms with Gasteiger partial charge < -0.3 is 15.1 Å². The standard InChI is InChI=1S/C21H31N5/c1-3-5-9-12-22-19-17-20(26-15-13-25(4-2)14-16-26)24-21(23-19)18-10-7-6-8-11-18/h6-8,10-11,17H,3-5,9,12-16H2,1-2H3,(H,22,23,24). The number of piperazine rings is 1. The molecule has 1 fully saturated rings. The minimum absolute atomic E-state index is 0.805. The summed E-state index contributed by atoms with van der Waals surface area (Å²) in [5.74, 6) is 2.77. The number of likely N-dealkylation sites (N-methyl/N-ethyl adjacent to an activating group) is 1. The van der Waals surface area contributed by atoms with Crippen molar-refractivity contribution < 1.29 is 0 Å². The molecule has 5 heteroatoms. The molecule has 0 saturated carbocycles. The second-order valence-corrected chi connectivity index (χ2v) is 6.86. The molecule has 3 rings (SSSR count). The van der Waals surface area contributed by atoms with Gasteiger partial charge in [-0.25, -0.2) is 9.97 Å². The van der Waals surface area contributed by atoms with Gasteiger partial charge in [0.1, 0.15) is 11.6 Å². The van der Waals surface area contributed by atoms with Gasteiger partial charge in [-0.3, -0.25) is 0 Å². The van der Waals surface area contributed by atoms with Crippen molar-refractivity contribution in [2.24, 2.45) is 0 Å². The Balaban J connectivity index is 1.80. The zero-order valence-electron chi connectivity index (χ0n) is 16.1. The summed E-state index contributed by atoms with van der Waals surface area (Å²) >= 11 is 0. The molecular formula is C21H31N5. The molecule has 2 aromatic rings. The van der Waals surface area contributed by atoms with Crippen molar-refractivity contribution >= 4 is 11.6 Å². The summed E-state index contributed by atoms with van der Waals surface area (Å²) in [6.45, 7) is 10.8. The largest absolute Gasteiger partial charge is 0.370 e. The molecule has 0 radical (unpaired) electrons. The maximum atomic E-state index is 4.88. The highest BCUT2D eigenvalue weighted by atomic mass is 15.3. The molecule has 0 atom stereocenters.